The van der Waals surface area contributed by atoms with Gasteiger partial charge in [-0.2, -0.15) is 0 Å². The number of benzene rings is 1. The average molecular weight is 286 g/mol. The van der Waals surface area contributed by atoms with Gasteiger partial charge in [0.1, 0.15) is 17.9 Å². The van der Waals surface area contributed by atoms with Crippen LogP contribution in [0.15, 0.2) is 36.7 Å². The summed E-state index contributed by atoms with van der Waals surface area (Å²) in [7, 11) is 1.68. The van der Waals surface area contributed by atoms with Gasteiger partial charge in [0, 0.05) is 18.3 Å². The maximum atomic E-state index is 5.67. The van der Waals surface area contributed by atoms with Crippen LogP contribution in [-0.2, 0) is 6.42 Å². The second-order valence-corrected chi connectivity index (χ2v) is 4.69. The minimum Gasteiger partial charge on any atom is -0.495 e. The number of anilines is 2. The van der Waals surface area contributed by atoms with Gasteiger partial charge in [-0.05, 0) is 31.5 Å². The Labute approximate surface area is 125 Å². The molecule has 0 aliphatic heterocycles. The lowest BCUT2D eigenvalue weighted by molar-refractivity contribution is 0.415. The van der Waals surface area contributed by atoms with E-state index in [0.717, 1.165) is 42.3 Å². The van der Waals surface area contributed by atoms with Gasteiger partial charge in [0.05, 0.1) is 12.8 Å². The van der Waals surface area contributed by atoms with Crippen LogP contribution in [0, 0.1) is 0 Å². The maximum absolute atomic E-state index is 5.67. The Balaban J connectivity index is 2.41. The molecule has 0 atom stereocenters. The summed E-state index contributed by atoms with van der Waals surface area (Å²) in [6.45, 7) is 3.51. The zero-order chi connectivity index (χ0) is 15.1. The van der Waals surface area contributed by atoms with Crippen LogP contribution in [0.4, 0.5) is 11.5 Å². The Hall–Kier alpha value is -2.14. The van der Waals surface area contributed by atoms with Crippen molar-refractivity contribution < 1.29 is 4.74 Å². The standard InChI is InChI=1S/C16H22N4O/c1-3-13-11-16(19-12-18-13)20(10-6-9-17)14-7-4-5-8-15(14)21-2/h4-5,7-8,11-12H,3,6,9-10,17H2,1-2H3. The number of nitrogens with zero attached hydrogens (tertiary/aromatic N) is 3. The molecule has 2 aromatic rings. The number of hydrogen-bond donors (Lipinski definition) is 1. The summed E-state index contributed by atoms with van der Waals surface area (Å²) in [5.41, 5.74) is 7.68. The molecular formula is C16H22N4O. The van der Waals surface area contributed by atoms with Crippen LogP contribution in [0.2, 0.25) is 0 Å². The van der Waals surface area contributed by atoms with Crippen molar-refractivity contribution in [2.45, 2.75) is 19.8 Å². The van der Waals surface area contributed by atoms with Gasteiger partial charge in [-0.15, -0.1) is 0 Å². The van der Waals surface area contributed by atoms with Crippen molar-refractivity contribution in [1.29, 1.82) is 0 Å². The van der Waals surface area contributed by atoms with Crippen molar-refractivity contribution >= 4 is 11.5 Å². The highest BCUT2D eigenvalue weighted by Crippen LogP contribution is 2.32. The second-order valence-electron chi connectivity index (χ2n) is 4.69. The van der Waals surface area contributed by atoms with Crippen molar-refractivity contribution in [3.63, 3.8) is 0 Å². The molecule has 2 N–H and O–H groups in total. The molecule has 0 saturated heterocycles. The third kappa shape index (κ3) is 3.70. The van der Waals surface area contributed by atoms with Crippen molar-refractivity contribution in [2.24, 2.45) is 5.73 Å². The van der Waals surface area contributed by atoms with Gasteiger partial charge in [-0.25, -0.2) is 9.97 Å². The van der Waals surface area contributed by atoms with E-state index in [1.165, 1.54) is 0 Å². The van der Waals surface area contributed by atoms with Crippen molar-refractivity contribution in [2.75, 3.05) is 25.1 Å². The van der Waals surface area contributed by atoms with Crippen LogP contribution in [0.25, 0.3) is 0 Å². The van der Waals surface area contributed by atoms with E-state index in [-0.39, 0.29) is 0 Å². The van der Waals surface area contributed by atoms with E-state index in [2.05, 4.69) is 21.8 Å². The number of aryl methyl sites for hydroxylation is 1. The van der Waals surface area contributed by atoms with Gasteiger partial charge in [0.15, 0.2) is 0 Å². The third-order valence-electron chi connectivity index (χ3n) is 3.31. The normalized spacial score (nSPS) is 10.4. The Morgan fingerprint density at radius 2 is 2.05 bits per heavy atom. The van der Waals surface area contributed by atoms with Crippen molar-refractivity contribution in [3.8, 4) is 5.75 Å². The van der Waals surface area contributed by atoms with E-state index in [9.17, 15) is 0 Å². The largest absolute Gasteiger partial charge is 0.495 e. The summed E-state index contributed by atoms with van der Waals surface area (Å²) in [6, 6.07) is 9.95. The van der Waals surface area contributed by atoms with E-state index < -0.39 is 0 Å². The molecule has 0 amide bonds. The fourth-order valence-corrected chi connectivity index (χ4v) is 2.19. The fourth-order valence-electron chi connectivity index (χ4n) is 2.19. The lowest BCUT2D eigenvalue weighted by Gasteiger charge is -2.25. The minimum absolute atomic E-state index is 0.636. The van der Waals surface area contributed by atoms with Gasteiger partial charge < -0.3 is 15.4 Å². The molecule has 21 heavy (non-hydrogen) atoms. The molecule has 0 spiro atoms. The minimum atomic E-state index is 0.636. The molecule has 0 bridgehead atoms. The van der Waals surface area contributed by atoms with Gasteiger partial charge >= 0.3 is 0 Å². The first-order valence-electron chi connectivity index (χ1n) is 7.21. The van der Waals surface area contributed by atoms with Crippen molar-refractivity contribution in [1.82, 2.24) is 9.97 Å². The van der Waals surface area contributed by atoms with Gasteiger partial charge in [-0.3, -0.25) is 0 Å². The SMILES string of the molecule is CCc1cc(N(CCCN)c2ccccc2OC)ncn1. The summed E-state index contributed by atoms with van der Waals surface area (Å²) in [6.07, 6.45) is 3.37. The number of methoxy groups -OCH3 is 1. The first kappa shape index (κ1) is 15.3. The summed E-state index contributed by atoms with van der Waals surface area (Å²) >= 11 is 0. The molecule has 5 heteroatoms. The number of ether oxygens (including phenoxy) is 1. The zero-order valence-corrected chi connectivity index (χ0v) is 12.6. The second kappa shape index (κ2) is 7.59. The van der Waals surface area contributed by atoms with Crippen molar-refractivity contribution in [3.05, 3.63) is 42.4 Å². The van der Waals surface area contributed by atoms with E-state index in [4.69, 9.17) is 10.5 Å². The number of rotatable bonds is 7. The molecule has 0 aliphatic carbocycles. The topological polar surface area (TPSA) is 64.3 Å². The highest BCUT2D eigenvalue weighted by Gasteiger charge is 2.15. The molecule has 0 radical (unpaired) electrons. The zero-order valence-electron chi connectivity index (χ0n) is 12.6. The Morgan fingerprint density at radius 3 is 2.76 bits per heavy atom. The summed E-state index contributed by atoms with van der Waals surface area (Å²) < 4.78 is 5.47. The first-order valence-corrected chi connectivity index (χ1v) is 7.21. The smallest absolute Gasteiger partial charge is 0.142 e. The average Bonchev–Trinajstić information content (AvgIpc) is 2.56. The molecule has 0 unspecified atom stereocenters. The lowest BCUT2D eigenvalue weighted by atomic mass is 10.2. The predicted molar refractivity (Wildman–Crippen MR) is 85.1 cm³/mol. The molecule has 0 fully saturated rings. The fraction of sp³-hybridized carbons (Fsp3) is 0.375. The first-order chi connectivity index (χ1) is 10.3. The summed E-state index contributed by atoms with van der Waals surface area (Å²) in [4.78, 5) is 10.8. The van der Waals surface area contributed by atoms with Crippen LogP contribution in [-0.4, -0.2) is 30.2 Å². The van der Waals surface area contributed by atoms with Crippen LogP contribution in [0.3, 0.4) is 0 Å². The molecule has 0 aliphatic rings. The predicted octanol–water partition coefficient (Wildman–Crippen LogP) is 2.53. The number of para-hydroxylation sites is 2. The van der Waals surface area contributed by atoms with Gasteiger partial charge in [0.25, 0.3) is 0 Å². The third-order valence-corrected chi connectivity index (χ3v) is 3.31. The van der Waals surface area contributed by atoms with Crippen LogP contribution in [0.1, 0.15) is 19.0 Å². The highest BCUT2D eigenvalue weighted by atomic mass is 16.5. The number of hydrogen-bond acceptors (Lipinski definition) is 5. The van der Waals surface area contributed by atoms with Gasteiger partial charge in [-0.1, -0.05) is 19.1 Å². The monoisotopic (exact) mass is 286 g/mol. The summed E-state index contributed by atoms with van der Waals surface area (Å²) in [5.74, 6) is 1.70. The van der Waals surface area contributed by atoms with Crippen LogP contribution < -0.4 is 15.4 Å². The lowest BCUT2D eigenvalue weighted by Crippen LogP contribution is -2.22. The summed E-state index contributed by atoms with van der Waals surface area (Å²) in [5, 5.41) is 0. The Kier molecular flexibility index (Phi) is 5.51. The van der Waals surface area contributed by atoms with Gasteiger partial charge in [0.2, 0.25) is 0 Å². The molecule has 2 rings (SSSR count). The molecule has 5 nitrogen and oxygen atoms in total. The quantitative estimate of drug-likeness (QED) is 0.847. The van der Waals surface area contributed by atoms with Crippen LogP contribution in [0.5, 0.6) is 5.75 Å². The van der Waals surface area contributed by atoms with Crippen LogP contribution >= 0.6 is 0 Å². The number of aromatic nitrogens is 2. The Morgan fingerprint density at radius 1 is 1.24 bits per heavy atom. The number of nitrogens with two attached hydrogens (primary N) is 1. The highest BCUT2D eigenvalue weighted by molar-refractivity contribution is 5.67. The van der Waals surface area contributed by atoms with E-state index in [0.29, 0.717) is 6.54 Å². The van der Waals surface area contributed by atoms with E-state index >= 15 is 0 Å². The molecule has 1 heterocycles. The molecule has 1 aromatic heterocycles. The Bertz CT molecular complexity index is 574. The molecule has 112 valence electrons. The van der Waals surface area contributed by atoms with E-state index in [1.54, 1.807) is 13.4 Å². The maximum Gasteiger partial charge on any atom is 0.142 e. The molecule has 1 aromatic carbocycles. The molecule has 0 saturated carbocycles. The molecular weight excluding hydrogens is 264 g/mol. The van der Waals surface area contributed by atoms with E-state index in [1.807, 2.05) is 30.3 Å².